The van der Waals surface area contributed by atoms with Gasteiger partial charge in [0.05, 0.1) is 30.6 Å². The molecule has 0 bridgehead atoms. The number of methoxy groups -OCH3 is 1. The summed E-state index contributed by atoms with van der Waals surface area (Å²) in [5.41, 5.74) is 2.21. The van der Waals surface area contributed by atoms with Crippen LogP contribution in [-0.2, 0) is 9.59 Å². The molecule has 0 aliphatic heterocycles. The minimum Gasteiger partial charge on any atom is -0.497 e. The van der Waals surface area contributed by atoms with Crippen LogP contribution in [0.15, 0.2) is 60.8 Å². The maximum atomic E-state index is 12.3. The largest absolute Gasteiger partial charge is 0.497 e. The number of rotatable bonds is 5. The van der Waals surface area contributed by atoms with E-state index in [4.69, 9.17) is 4.74 Å². The molecular formula is C21H21N3O3. The maximum absolute atomic E-state index is 12.3. The molecule has 138 valence electrons. The van der Waals surface area contributed by atoms with Crippen LogP contribution in [0, 0.1) is 0 Å². The van der Waals surface area contributed by atoms with Gasteiger partial charge in [-0.05, 0) is 36.2 Å². The highest BCUT2D eigenvalue weighted by Gasteiger charge is 2.19. The number of carbonyl (C=O) groups excluding carboxylic acids is 2. The summed E-state index contributed by atoms with van der Waals surface area (Å²) in [6.07, 6.45) is 2.19. The number of hydrogen-bond donors (Lipinski definition) is 2. The summed E-state index contributed by atoms with van der Waals surface area (Å²) in [4.78, 5) is 28.8. The van der Waals surface area contributed by atoms with Crippen molar-refractivity contribution >= 4 is 28.4 Å². The van der Waals surface area contributed by atoms with Gasteiger partial charge in [-0.3, -0.25) is 14.6 Å². The van der Waals surface area contributed by atoms with Crippen LogP contribution in [0.1, 0.15) is 24.9 Å². The molecule has 2 N–H and O–H groups in total. The van der Waals surface area contributed by atoms with Gasteiger partial charge in [0.25, 0.3) is 0 Å². The van der Waals surface area contributed by atoms with Crippen LogP contribution in [0.4, 0.5) is 5.69 Å². The van der Waals surface area contributed by atoms with Crippen LogP contribution in [-0.4, -0.2) is 23.9 Å². The Kier molecular flexibility index (Phi) is 5.66. The zero-order chi connectivity index (χ0) is 19.2. The van der Waals surface area contributed by atoms with Gasteiger partial charge in [-0.2, -0.15) is 0 Å². The van der Waals surface area contributed by atoms with Crippen molar-refractivity contribution in [2.24, 2.45) is 0 Å². The van der Waals surface area contributed by atoms with Gasteiger partial charge in [0.15, 0.2) is 0 Å². The average Bonchev–Trinajstić information content (AvgIpc) is 2.71. The predicted octanol–water partition coefficient (Wildman–Crippen LogP) is 3.45. The van der Waals surface area contributed by atoms with Crippen molar-refractivity contribution in [3.8, 4) is 5.75 Å². The van der Waals surface area contributed by atoms with Crippen molar-refractivity contribution < 1.29 is 14.3 Å². The molecule has 3 aromatic rings. The molecule has 0 aliphatic rings. The molecule has 6 nitrogen and oxygen atoms in total. The van der Waals surface area contributed by atoms with Crippen molar-refractivity contribution in [2.75, 3.05) is 12.4 Å². The van der Waals surface area contributed by atoms with Crippen LogP contribution in [0.3, 0.4) is 0 Å². The minimum absolute atomic E-state index is 0.260. The first-order chi connectivity index (χ1) is 13.1. The molecule has 1 atom stereocenters. The lowest BCUT2D eigenvalue weighted by molar-refractivity contribution is -0.136. The Morgan fingerprint density at radius 3 is 2.52 bits per heavy atom. The second-order valence-electron chi connectivity index (χ2n) is 6.08. The number of pyridine rings is 1. The van der Waals surface area contributed by atoms with Gasteiger partial charge in [-0.15, -0.1) is 0 Å². The third-order valence-corrected chi connectivity index (χ3v) is 4.29. The summed E-state index contributed by atoms with van der Waals surface area (Å²) in [5, 5.41) is 6.25. The lowest BCUT2D eigenvalue weighted by atomic mass is 10.0. The Morgan fingerprint density at radius 1 is 1.07 bits per heavy atom. The highest BCUT2D eigenvalue weighted by molar-refractivity contribution is 6.39. The average molecular weight is 363 g/mol. The Bertz CT molecular complexity index is 954. The van der Waals surface area contributed by atoms with E-state index in [1.165, 1.54) is 6.20 Å². The Hall–Kier alpha value is -3.41. The summed E-state index contributed by atoms with van der Waals surface area (Å²) < 4.78 is 5.14. The SMILES string of the molecule is CCC(NC(=O)C(=O)Nc1cnc2ccccc2c1)c1ccc(OC)cc1. The molecule has 2 aromatic carbocycles. The van der Waals surface area contributed by atoms with Gasteiger partial charge in [0.1, 0.15) is 5.75 Å². The number of nitrogens with zero attached hydrogens (tertiary/aromatic N) is 1. The maximum Gasteiger partial charge on any atom is 0.313 e. The number of anilines is 1. The number of ether oxygens (including phenoxy) is 1. The standard InChI is InChI=1S/C21H21N3O3/c1-3-18(14-8-10-17(27-2)11-9-14)24-21(26)20(25)23-16-12-15-6-4-5-7-19(15)22-13-16/h4-13,18H,3H2,1-2H3,(H,23,25)(H,24,26). The van der Waals surface area contributed by atoms with E-state index >= 15 is 0 Å². The van der Waals surface area contributed by atoms with Gasteiger partial charge in [-0.25, -0.2) is 0 Å². The van der Waals surface area contributed by atoms with Crippen molar-refractivity contribution in [1.82, 2.24) is 10.3 Å². The monoisotopic (exact) mass is 363 g/mol. The van der Waals surface area contributed by atoms with Crippen molar-refractivity contribution in [1.29, 1.82) is 0 Å². The molecule has 0 spiro atoms. The fourth-order valence-electron chi connectivity index (χ4n) is 2.81. The van der Waals surface area contributed by atoms with E-state index in [-0.39, 0.29) is 6.04 Å². The van der Waals surface area contributed by atoms with Gasteiger partial charge in [0, 0.05) is 5.39 Å². The number of aromatic nitrogens is 1. The van der Waals surface area contributed by atoms with Crippen molar-refractivity contribution in [2.45, 2.75) is 19.4 Å². The first kappa shape index (κ1) is 18.4. The number of hydrogen-bond acceptors (Lipinski definition) is 4. The summed E-state index contributed by atoms with van der Waals surface area (Å²) in [5.74, 6) is -0.675. The second kappa shape index (κ2) is 8.31. The molecule has 6 heteroatoms. The Balaban J connectivity index is 1.66. The molecule has 2 amide bonds. The molecule has 0 saturated carbocycles. The molecule has 3 rings (SSSR count). The van der Waals surface area contributed by atoms with Crippen LogP contribution in [0.2, 0.25) is 0 Å². The first-order valence-electron chi connectivity index (χ1n) is 8.71. The lowest BCUT2D eigenvalue weighted by Crippen LogP contribution is -2.37. The lowest BCUT2D eigenvalue weighted by Gasteiger charge is -2.17. The van der Waals surface area contributed by atoms with Crippen LogP contribution < -0.4 is 15.4 Å². The molecule has 0 fully saturated rings. The molecule has 0 radical (unpaired) electrons. The highest BCUT2D eigenvalue weighted by atomic mass is 16.5. The second-order valence-corrected chi connectivity index (χ2v) is 6.08. The fourth-order valence-corrected chi connectivity index (χ4v) is 2.81. The fraction of sp³-hybridized carbons (Fsp3) is 0.190. The van der Waals surface area contributed by atoms with E-state index < -0.39 is 11.8 Å². The summed E-state index contributed by atoms with van der Waals surface area (Å²) in [6.45, 7) is 1.94. The van der Waals surface area contributed by atoms with Crippen molar-refractivity contribution in [3.63, 3.8) is 0 Å². The number of para-hydroxylation sites is 1. The van der Waals surface area contributed by atoms with E-state index in [0.29, 0.717) is 12.1 Å². The normalized spacial score (nSPS) is 11.6. The van der Waals surface area contributed by atoms with E-state index in [9.17, 15) is 9.59 Å². The number of carbonyl (C=O) groups is 2. The molecule has 1 unspecified atom stereocenters. The van der Waals surface area contributed by atoms with Gasteiger partial charge >= 0.3 is 11.8 Å². The van der Waals surface area contributed by atoms with Gasteiger partial charge < -0.3 is 15.4 Å². The summed E-state index contributed by atoms with van der Waals surface area (Å²) in [6, 6.07) is 16.5. The number of nitrogens with one attached hydrogen (secondary N) is 2. The minimum atomic E-state index is -0.723. The smallest absolute Gasteiger partial charge is 0.313 e. The third-order valence-electron chi connectivity index (χ3n) is 4.29. The van der Waals surface area contributed by atoms with E-state index in [2.05, 4.69) is 15.6 Å². The van der Waals surface area contributed by atoms with E-state index in [0.717, 1.165) is 22.2 Å². The Labute approximate surface area is 157 Å². The van der Waals surface area contributed by atoms with Gasteiger partial charge in [-0.1, -0.05) is 37.3 Å². The van der Waals surface area contributed by atoms with Crippen LogP contribution in [0.25, 0.3) is 10.9 Å². The number of benzene rings is 2. The van der Waals surface area contributed by atoms with Crippen molar-refractivity contribution in [3.05, 3.63) is 66.4 Å². The molecular weight excluding hydrogens is 342 g/mol. The zero-order valence-electron chi connectivity index (χ0n) is 15.2. The van der Waals surface area contributed by atoms with Crippen LogP contribution in [0.5, 0.6) is 5.75 Å². The Morgan fingerprint density at radius 2 is 1.81 bits per heavy atom. The highest BCUT2D eigenvalue weighted by Crippen LogP contribution is 2.20. The molecule has 27 heavy (non-hydrogen) atoms. The zero-order valence-corrected chi connectivity index (χ0v) is 15.2. The number of fused-ring (bicyclic) bond motifs is 1. The number of amides is 2. The molecule has 1 aromatic heterocycles. The predicted molar refractivity (Wildman–Crippen MR) is 105 cm³/mol. The molecule has 0 aliphatic carbocycles. The topological polar surface area (TPSA) is 80.3 Å². The first-order valence-corrected chi connectivity index (χ1v) is 8.71. The van der Waals surface area contributed by atoms with E-state index in [1.54, 1.807) is 13.2 Å². The molecule has 0 saturated heterocycles. The summed E-state index contributed by atoms with van der Waals surface area (Å²) in [7, 11) is 1.60. The molecule has 1 heterocycles. The van der Waals surface area contributed by atoms with E-state index in [1.807, 2.05) is 55.5 Å². The van der Waals surface area contributed by atoms with Gasteiger partial charge in [0.2, 0.25) is 0 Å². The quantitative estimate of drug-likeness (QED) is 0.681. The van der Waals surface area contributed by atoms with Crippen LogP contribution >= 0.6 is 0 Å². The third kappa shape index (κ3) is 4.41. The summed E-state index contributed by atoms with van der Waals surface area (Å²) >= 11 is 0.